The molecule has 2 aromatic carbocycles. The lowest BCUT2D eigenvalue weighted by Gasteiger charge is -2.26. The summed E-state index contributed by atoms with van der Waals surface area (Å²) in [6.07, 6.45) is -0.405. The quantitative estimate of drug-likeness (QED) is 0.238. The molecule has 0 bridgehead atoms. The lowest BCUT2D eigenvalue weighted by atomic mass is 9.95. The fraction of sp³-hybridized carbons (Fsp3) is 0.531. The largest absolute Gasteiger partial charge is 0.491 e. The standard InChI is InChI=1S/C32H46N4O5Si/c1-22-12-10-14-24-26(22)36(21-39-18-19-42(7,8)9)34-28(24)32(5,6)33-29(37)25-15-11-13-23-20-35(16-17-40-27(23)25)30(38)41-31(2,3)4/h10-15H,16-21H2,1-9H3,(H,33,37). The first-order valence-corrected chi connectivity index (χ1v) is 18.4. The molecule has 2 amide bonds. The van der Waals surface area contributed by atoms with E-state index >= 15 is 0 Å². The number of carbonyl (C=O) groups is 2. The molecule has 3 aromatic rings. The molecule has 0 aliphatic carbocycles. The first-order chi connectivity index (χ1) is 19.6. The van der Waals surface area contributed by atoms with E-state index in [0.717, 1.165) is 33.8 Å². The summed E-state index contributed by atoms with van der Waals surface area (Å²) in [5, 5.41) is 9.14. The maximum Gasteiger partial charge on any atom is 0.410 e. The molecule has 1 aliphatic heterocycles. The summed E-state index contributed by atoms with van der Waals surface area (Å²) in [5.41, 5.74) is 2.63. The predicted molar refractivity (Wildman–Crippen MR) is 168 cm³/mol. The highest BCUT2D eigenvalue weighted by Crippen LogP contribution is 2.32. The van der Waals surface area contributed by atoms with Gasteiger partial charge in [-0.1, -0.05) is 50.0 Å². The minimum absolute atomic E-state index is 0.256. The topological polar surface area (TPSA) is 94.9 Å². The number of hydrogen-bond donors (Lipinski definition) is 1. The van der Waals surface area contributed by atoms with E-state index in [1.54, 1.807) is 11.0 Å². The van der Waals surface area contributed by atoms with Gasteiger partial charge < -0.3 is 24.4 Å². The molecular weight excluding hydrogens is 548 g/mol. The van der Waals surface area contributed by atoms with Crippen molar-refractivity contribution in [1.82, 2.24) is 20.0 Å². The third-order valence-electron chi connectivity index (χ3n) is 7.16. The number of benzene rings is 2. The number of para-hydroxylation sites is 2. The van der Waals surface area contributed by atoms with Crippen LogP contribution in [0, 0.1) is 6.92 Å². The van der Waals surface area contributed by atoms with Crippen molar-refractivity contribution in [3.8, 4) is 5.75 Å². The normalized spacial score (nSPS) is 14.3. The van der Waals surface area contributed by atoms with E-state index in [0.29, 0.717) is 37.7 Å². The first kappa shape index (κ1) is 31.6. The molecule has 0 saturated heterocycles. The molecule has 1 aliphatic rings. The van der Waals surface area contributed by atoms with E-state index in [1.165, 1.54) is 0 Å². The molecule has 1 aromatic heterocycles. The van der Waals surface area contributed by atoms with Gasteiger partial charge in [-0.05, 0) is 59.2 Å². The number of carbonyl (C=O) groups excluding carboxylic acids is 2. The molecule has 1 N–H and O–H groups in total. The van der Waals surface area contributed by atoms with Gasteiger partial charge in [0.15, 0.2) is 0 Å². The maximum absolute atomic E-state index is 13.8. The van der Waals surface area contributed by atoms with Crippen LogP contribution in [-0.4, -0.2) is 60.1 Å². The number of rotatable bonds is 8. The summed E-state index contributed by atoms with van der Waals surface area (Å²) in [6.45, 7) is 20.5. The lowest BCUT2D eigenvalue weighted by Crippen LogP contribution is -2.41. The monoisotopic (exact) mass is 594 g/mol. The van der Waals surface area contributed by atoms with E-state index < -0.39 is 25.3 Å². The zero-order valence-corrected chi connectivity index (χ0v) is 27.6. The van der Waals surface area contributed by atoms with Crippen LogP contribution in [0.4, 0.5) is 4.79 Å². The van der Waals surface area contributed by atoms with Crippen LogP contribution >= 0.6 is 0 Å². The third kappa shape index (κ3) is 7.52. The maximum atomic E-state index is 13.8. The summed E-state index contributed by atoms with van der Waals surface area (Å²) in [7, 11) is -1.21. The molecule has 9 nitrogen and oxygen atoms in total. The van der Waals surface area contributed by atoms with Crippen molar-refractivity contribution in [2.75, 3.05) is 19.8 Å². The van der Waals surface area contributed by atoms with E-state index in [9.17, 15) is 9.59 Å². The van der Waals surface area contributed by atoms with Gasteiger partial charge in [-0.25, -0.2) is 9.48 Å². The Hall–Kier alpha value is -3.37. The summed E-state index contributed by atoms with van der Waals surface area (Å²) >= 11 is 0. The average Bonchev–Trinajstić information content (AvgIpc) is 3.11. The number of amides is 2. The molecule has 10 heteroatoms. The Bertz CT molecular complexity index is 1450. The third-order valence-corrected chi connectivity index (χ3v) is 8.87. The van der Waals surface area contributed by atoms with Gasteiger partial charge in [-0.15, -0.1) is 0 Å². The van der Waals surface area contributed by atoms with Gasteiger partial charge in [-0.2, -0.15) is 5.10 Å². The molecule has 2 heterocycles. The van der Waals surface area contributed by atoms with Crippen molar-refractivity contribution in [1.29, 1.82) is 0 Å². The number of fused-ring (bicyclic) bond motifs is 2. The smallest absolute Gasteiger partial charge is 0.410 e. The number of nitrogens with zero attached hydrogens (tertiary/aromatic N) is 3. The lowest BCUT2D eigenvalue weighted by molar-refractivity contribution is 0.0225. The summed E-state index contributed by atoms with van der Waals surface area (Å²) < 4.78 is 19.6. The van der Waals surface area contributed by atoms with E-state index in [2.05, 4.69) is 37.9 Å². The predicted octanol–water partition coefficient (Wildman–Crippen LogP) is 6.45. The second kappa shape index (κ2) is 12.1. The minimum Gasteiger partial charge on any atom is -0.491 e. The van der Waals surface area contributed by atoms with Gasteiger partial charge in [0.25, 0.3) is 5.91 Å². The van der Waals surface area contributed by atoms with Crippen LogP contribution in [0.15, 0.2) is 36.4 Å². The van der Waals surface area contributed by atoms with Gasteiger partial charge in [0.05, 0.1) is 35.4 Å². The highest BCUT2D eigenvalue weighted by atomic mass is 28.3. The summed E-state index contributed by atoms with van der Waals surface area (Å²) in [4.78, 5) is 28.1. The molecule has 0 fully saturated rings. The molecule has 0 saturated carbocycles. The Morgan fingerprint density at radius 3 is 2.48 bits per heavy atom. The number of hydrogen-bond acceptors (Lipinski definition) is 6. The number of aryl methyl sites for hydroxylation is 1. The average molecular weight is 595 g/mol. The Morgan fingerprint density at radius 1 is 1.07 bits per heavy atom. The zero-order valence-electron chi connectivity index (χ0n) is 26.6. The van der Waals surface area contributed by atoms with Gasteiger partial charge in [0.1, 0.15) is 24.7 Å². The van der Waals surface area contributed by atoms with Crippen LogP contribution in [0.2, 0.25) is 25.7 Å². The van der Waals surface area contributed by atoms with Gasteiger partial charge >= 0.3 is 6.09 Å². The minimum atomic E-state index is -1.21. The molecule has 0 spiro atoms. The number of ether oxygens (including phenoxy) is 3. The Kier molecular flexibility index (Phi) is 9.08. The molecule has 228 valence electrons. The van der Waals surface area contributed by atoms with Crippen LogP contribution in [0.5, 0.6) is 5.75 Å². The Morgan fingerprint density at radius 2 is 1.79 bits per heavy atom. The molecule has 0 unspecified atom stereocenters. The first-order valence-electron chi connectivity index (χ1n) is 14.7. The van der Waals surface area contributed by atoms with Crippen molar-refractivity contribution in [2.24, 2.45) is 0 Å². The zero-order chi connectivity index (χ0) is 30.9. The van der Waals surface area contributed by atoms with Gasteiger partial charge in [0.2, 0.25) is 0 Å². The van der Waals surface area contributed by atoms with Crippen molar-refractivity contribution >= 4 is 31.0 Å². The van der Waals surface area contributed by atoms with Crippen molar-refractivity contribution in [2.45, 2.75) is 91.6 Å². The second-order valence-corrected chi connectivity index (χ2v) is 19.4. The van der Waals surface area contributed by atoms with E-state index in [4.69, 9.17) is 19.3 Å². The number of nitrogens with one attached hydrogen (secondary N) is 1. The molecule has 0 radical (unpaired) electrons. The fourth-order valence-electron chi connectivity index (χ4n) is 5.00. The van der Waals surface area contributed by atoms with Crippen LogP contribution in [0.25, 0.3) is 10.9 Å². The molecule has 4 rings (SSSR count). The van der Waals surface area contributed by atoms with E-state index in [-0.39, 0.29) is 12.5 Å². The highest BCUT2D eigenvalue weighted by molar-refractivity contribution is 6.76. The van der Waals surface area contributed by atoms with Crippen molar-refractivity contribution < 1.29 is 23.8 Å². The van der Waals surface area contributed by atoms with E-state index in [1.807, 2.05) is 63.6 Å². The Balaban J connectivity index is 1.57. The Labute approximate surface area is 250 Å². The number of aromatic nitrogens is 2. The summed E-state index contributed by atoms with van der Waals surface area (Å²) in [6, 6.07) is 12.6. The van der Waals surface area contributed by atoms with Crippen molar-refractivity contribution in [3.63, 3.8) is 0 Å². The SMILES string of the molecule is Cc1cccc2c(C(C)(C)NC(=O)c3cccc4c3OCCN(C(=O)OC(C)(C)C)C4)nn(COCC[Si](C)(C)C)c12. The molecular formula is C32H46N4O5Si. The van der Waals surface area contributed by atoms with Gasteiger partial charge in [-0.3, -0.25) is 4.79 Å². The van der Waals surface area contributed by atoms with Crippen LogP contribution < -0.4 is 10.1 Å². The van der Waals surface area contributed by atoms with Crippen LogP contribution in [-0.2, 0) is 28.3 Å². The van der Waals surface area contributed by atoms with Crippen molar-refractivity contribution in [3.05, 3.63) is 58.8 Å². The summed E-state index contributed by atoms with van der Waals surface area (Å²) in [5.74, 6) is 0.211. The fourth-order valence-corrected chi connectivity index (χ4v) is 5.75. The van der Waals surface area contributed by atoms with Gasteiger partial charge in [0, 0.05) is 25.6 Å². The van der Waals surface area contributed by atoms with Crippen LogP contribution in [0.3, 0.4) is 0 Å². The molecule has 42 heavy (non-hydrogen) atoms. The van der Waals surface area contributed by atoms with Crippen LogP contribution in [0.1, 0.15) is 61.8 Å². The molecule has 0 atom stereocenters. The second-order valence-electron chi connectivity index (χ2n) is 13.8. The highest BCUT2D eigenvalue weighted by Gasteiger charge is 2.32.